The van der Waals surface area contributed by atoms with Crippen LogP contribution >= 0.6 is 11.6 Å². The molecule has 3 unspecified atom stereocenters. The van der Waals surface area contributed by atoms with Crippen molar-refractivity contribution >= 4 is 23.4 Å². The summed E-state index contributed by atoms with van der Waals surface area (Å²) in [6.45, 7) is 10.5. The zero-order valence-electron chi connectivity index (χ0n) is 15.2. The number of ether oxygens (including phenoxy) is 2. The van der Waals surface area contributed by atoms with E-state index in [2.05, 4.69) is 31.1 Å². The Morgan fingerprint density at radius 1 is 1.38 bits per heavy atom. The molecule has 1 aliphatic carbocycles. The Morgan fingerprint density at radius 2 is 2.00 bits per heavy atom. The Balaban J connectivity index is 2.05. The van der Waals surface area contributed by atoms with E-state index in [4.69, 9.17) is 21.1 Å². The van der Waals surface area contributed by atoms with Crippen LogP contribution in [0.2, 0.25) is 0 Å². The third-order valence-corrected chi connectivity index (χ3v) is 4.88. The number of rotatable bonds is 6. The van der Waals surface area contributed by atoms with E-state index in [0.717, 1.165) is 18.4 Å². The predicted molar refractivity (Wildman–Crippen MR) is 96.3 cm³/mol. The SMILES string of the molecule is Cc1c[nH]c(NCOC(C)Cl)c1C(=O)OC1C(C)CC(C)CC1C. The molecule has 1 aliphatic rings. The van der Waals surface area contributed by atoms with E-state index >= 15 is 0 Å². The first kappa shape index (κ1) is 19.1. The summed E-state index contributed by atoms with van der Waals surface area (Å²) in [5, 5.41) is 3.05. The molecular formula is C18H29ClN2O3. The van der Waals surface area contributed by atoms with Gasteiger partial charge in [0.15, 0.2) is 0 Å². The van der Waals surface area contributed by atoms with Gasteiger partial charge in [-0.05, 0) is 50.0 Å². The van der Waals surface area contributed by atoms with Crippen molar-refractivity contribution in [3.63, 3.8) is 0 Å². The summed E-state index contributed by atoms with van der Waals surface area (Å²) in [4.78, 5) is 15.8. The minimum atomic E-state index is -0.394. The van der Waals surface area contributed by atoms with E-state index in [1.807, 2.05) is 6.92 Å². The number of carbonyl (C=O) groups excluding carboxylic acids is 1. The number of carbonyl (C=O) groups is 1. The van der Waals surface area contributed by atoms with Crippen LogP contribution in [0.5, 0.6) is 0 Å². The highest BCUT2D eigenvalue weighted by molar-refractivity contribution is 6.19. The third-order valence-electron chi connectivity index (χ3n) is 4.76. The van der Waals surface area contributed by atoms with Gasteiger partial charge in [-0.15, -0.1) is 0 Å². The lowest BCUT2D eigenvalue weighted by Gasteiger charge is -2.37. The van der Waals surface area contributed by atoms with Crippen LogP contribution < -0.4 is 5.32 Å². The van der Waals surface area contributed by atoms with Gasteiger partial charge in [-0.25, -0.2) is 4.79 Å². The first-order valence-electron chi connectivity index (χ1n) is 8.68. The molecule has 24 heavy (non-hydrogen) atoms. The molecule has 1 aromatic heterocycles. The maximum Gasteiger partial charge on any atom is 0.342 e. The van der Waals surface area contributed by atoms with Gasteiger partial charge < -0.3 is 19.8 Å². The Bertz CT molecular complexity index is 546. The lowest BCUT2D eigenvalue weighted by molar-refractivity contribution is -0.0251. The number of aryl methyl sites for hydroxylation is 1. The van der Waals surface area contributed by atoms with Crippen LogP contribution in [0.25, 0.3) is 0 Å². The largest absolute Gasteiger partial charge is 0.458 e. The maximum absolute atomic E-state index is 12.7. The van der Waals surface area contributed by atoms with Gasteiger partial charge in [-0.1, -0.05) is 32.4 Å². The van der Waals surface area contributed by atoms with Crippen LogP contribution in [-0.4, -0.2) is 29.4 Å². The molecule has 0 aromatic carbocycles. The highest BCUT2D eigenvalue weighted by Crippen LogP contribution is 2.35. The topological polar surface area (TPSA) is 63.3 Å². The van der Waals surface area contributed by atoms with Gasteiger partial charge in [-0.2, -0.15) is 0 Å². The number of hydrogen-bond acceptors (Lipinski definition) is 4. The number of halogens is 1. The summed E-state index contributed by atoms with van der Waals surface area (Å²) in [7, 11) is 0. The molecule has 0 spiro atoms. The number of hydrogen-bond donors (Lipinski definition) is 2. The van der Waals surface area contributed by atoms with Gasteiger partial charge in [0.1, 0.15) is 29.8 Å². The molecule has 2 rings (SSSR count). The van der Waals surface area contributed by atoms with E-state index in [1.165, 1.54) is 0 Å². The molecule has 0 saturated heterocycles. The van der Waals surface area contributed by atoms with Crippen LogP contribution in [0.1, 0.15) is 56.5 Å². The van der Waals surface area contributed by atoms with Crippen molar-refractivity contribution < 1.29 is 14.3 Å². The van der Waals surface area contributed by atoms with E-state index in [1.54, 1.807) is 13.1 Å². The first-order chi connectivity index (χ1) is 11.3. The number of nitrogens with one attached hydrogen (secondary N) is 2. The molecule has 136 valence electrons. The fourth-order valence-electron chi connectivity index (χ4n) is 3.76. The van der Waals surface area contributed by atoms with E-state index in [-0.39, 0.29) is 18.8 Å². The third kappa shape index (κ3) is 4.67. The normalized spacial score (nSPS) is 28.4. The average Bonchev–Trinajstić information content (AvgIpc) is 2.83. The standard InChI is InChI=1S/C18H29ClN2O3/c1-10-6-11(2)16(12(3)7-10)24-18(22)15-13(4)8-20-17(15)21-9-23-14(5)19/h8,10-12,14,16,20-21H,6-7,9H2,1-5H3. The van der Waals surface area contributed by atoms with Crippen molar-refractivity contribution in [3.8, 4) is 0 Å². The zero-order chi connectivity index (χ0) is 17.9. The van der Waals surface area contributed by atoms with Crippen LogP contribution in [-0.2, 0) is 9.47 Å². The van der Waals surface area contributed by atoms with Gasteiger partial charge in [-0.3, -0.25) is 0 Å². The molecule has 0 amide bonds. The molecule has 1 heterocycles. The number of alkyl halides is 1. The first-order valence-corrected chi connectivity index (χ1v) is 9.11. The highest BCUT2D eigenvalue weighted by Gasteiger charge is 2.35. The minimum absolute atomic E-state index is 0.0324. The summed E-state index contributed by atoms with van der Waals surface area (Å²) >= 11 is 5.76. The summed E-state index contributed by atoms with van der Waals surface area (Å²) in [6, 6.07) is 0. The van der Waals surface area contributed by atoms with Crippen molar-refractivity contribution in [2.75, 3.05) is 12.0 Å². The van der Waals surface area contributed by atoms with Crippen LogP contribution in [0.3, 0.4) is 0 Å². The molecule has 3 atom stereocenters. The van der Waals surface area contributed by atoms with Crippen molar-refractivity contribution in [1.82, 2.24) is 4.98 Å². The van der Waals surface area contributed by atoms with Gasteiger partial charge in [0.05, 0.1) is 0 Å². The molecule has 0 aliphatic heterocycles. The minimum Gasteiger partial charge on any atom is -0.458 e. The van der Waals surface area contributed by atoms with Gasteiger partial charge in [0, 0.05) is 6.20 Å². The lowest BCUT2D eigenvalue weighted by Crippen LogP contribution is -2.37. The monoisotopic (exact) mass is 356 g/mol. The van der Waals surface area contributed by atoms with E-state index < -0.39 is 5.56 Å². The molecule has 6 heteroatoms. The van der Waals surface area contributed by atoms with Crippen molar-refractivity contribution in [1.29, 1.82) is 0 Å². The lowest BCUT2D eigenvalue weighted by atomic mass is 9.75. The molecule has 5 nitrogen and oxygen atoms in total. The van der Waals surface area contributed by atoms with E-state index in [0.29, 0.717) is 29.1 Å². The second-order valence-corrected chi connectivity index (χ2v) is 7.77. The Kier molecular flexibility index (Phi) is 6.58. The molecule has 2 N–H and O–H groups in total. The smallest absolute Gasteiger partial charge is 0.342 e. The Hall–Kier alpha value is -1.20. The number of H-pyrrole nitrogens is 1. The highest BCUT2D eigenvalue weighted by atomic mass is 35.5. The Morgan fingerprint density at radius 3 is 2.58 bits per heavy atom. The molecular weight excluding hydrogens is 328 g/mol. The number of aromatic nitrogens is 1. The van der Waals surface area contributed by atoms with Crippen LogP contribution in [0, 0.1) is 24.7 Å². The zero-order valence-corrected chi connectivity index (χ0v) is 15.9. The Labute approximate surface area is 149 Å². The molecule has 0 bridgehead atoms. The molecule has 1 fully saturated rings. The maximum atomic E-state index is 12.7. The molecule has 0 radical (unpaired) electrons. The average molecular weight is 357 g/mol. The second-order valence-electron chi connectivity index (χ2n) is 7.15. The molecule has 1 aromatic rings. The quantitative estimate of drug-likeness (QED) is 0.447. The predicted octanol–water partition coefficient (Wildman–Crippen LogP) is 4.52. The number of esters is 1. The van der Waals surface area contributed by atoms with Crippen molar-refractivity contribution in [3.05, 3.63) is 17.3 Å². The summed E-state index contributed by atoms with van der Waals surface area (Å²) < 4.78 is 11.2. The number of aromatic amines is 1. The van der Waals surface area contributed by atoms with Crippen molar-refractivity contribution in [2.45, 2.75) is 59.1 Å². The van der Waals surface area contributed by atoms with Gasteiger partial charge >= 0.3 is 5.97 Å². The fraction of sp³-hybridized carbons (Fsp3) is 0.722. The fourth-order valence-corrected chi connectivity index (χ4v) is 3.83. The van der Waals surface area contributed by atoms with Crippen LogP contribution in [0.4, 0.5) is 5.82 Å². The number of anilines is 1. The molecule has 1 saturated carbocycles. The van der Waals surface area contributed by atoms with Gasteiger partial charge in [0.25, 0.3) is 0 Å². The van der Waals surface area contributed by atoms with Crippen molar-refractivity contribution in [2.24, 2.45) is 17.8 Å². The van der Waals surface area contributed by atoms with Gasteiger partial charge in [0.2, 0.25) is 0 Å². The van der Waals surface area contributed by atoms with E-state index in [9.17, 15) is 4.79 Å². The summed E-state index contributed by atoms with van der Waals surface area (Å²) in [5.74, 6) is 1.77. The summed E-state index contributed by atoms with van der Waals surface area (Å²) in [6.07, 6.45) is 3.95. The van der Waals surface area contributed by atoms with Crippen LogP contribution in [0.15, 0.2) is 6.20 Å². The second kappa shape index (κ2) is 8.26. The summed E-state index contributed by atoms with van der Waals surface area (Å²) in [5.41, 5.74) is 1.000.